The van der Waals surface area contributed by atoms with E-state index in [2.05, 4.69) is 48.1 Å². The van der Waals surface area contributed by atoms with Gasteiger partial charge in [-0.05, 0) is 30.4 Å². The highest BCUT2D eigenvalue weighted by Gasteiger charge is 2.13. The van der Waals surface area contributed by atoms with Crippen LogP contribution in [0.2, 0.25) is 0 Å². The summed E-state index contributed by atoms with van der Waals surface area (Å²) in [5.74, 6) is 0. The molecule has 2 aromatic rings. The lowest BCUT2D eigenvalue weighted by molar-refractivity contribution is 0.378. The Hall–Kier alpha value is -2.10. The van der Waals surface area contributed by atoms with Crippen LogP contribution in [0.1, 0.15) is 38.1 Å². The van der Waals surface area contributed by atoms with Crippen LogP contribution in [0, 0.1) is 5.41 Å². The summed E-state index contributed by atoms with van der Waals surface area (Å²) < 4.78 is 3.92. The quantitative estimate of drug-likeness (QED) is 0.811. The molecule has 4 heteroatoms. The van der Waals surface area contributed by atoms with Gasteiger partial charge in [-0.2, -0.15) is 0 Å². The number of rotatable bonds is 6. The summed E-state index contributed by atoms with van der Waals surface area (Å²) in [7, 11) is 3.97. The summed E-state index contributed by atoms with van der Waals surface area (Å²) in [5, 5.41) is 0. The summed E-state index contributed by atoms with van der Waals surface area (Å²) in [6, 6.07) is 0. The van der Waals surface area contributed by atoms with Crippen LogP contribution in [-0.4, -0.2) is 19.1 Å². The third-order valence-electron chi connectivity index (χ3n) is 3.37. The predicted octanol–water partition coefficient (Wildman–Crippen LogP) is 3.69. The average molecular weight is 284 g/mol. The van der Waals surface area contributed by atoms with E-state index in [9.17, 15) is 0 Å². The zero-order valence-electron chi connectivity index (χ0n) is 13.3. The molecule has 4 nitrogen and oxygen atoms in total. The molecule has 0 aliphatic rings. The fourth-order valence-electron chi connectivity index (χ4n) is 2.12. The Morgan fingerprint density at radius 3 is 1.67 bits per heavy atom. The Kier molecular flexibility index (Phi) is 4.78. The van der Waals surface area contributed by atoms with Crippen LogP contribution in [0.5, 0.6) is 0 Å². The van der Waals surface area contributed by atoms with E-state index in [0.29, 0.717) is 0 Å². The third kappa shape index (κ3) is 5.06. The molecule has 0 aliphatic heterocycles. The highest BCUT2D eigenvalue weighted by Crippen LogP contribution is 2.26. The first-order valence-corrected chi connectivity index (χ1v) is 7.24. The molecule has 2 heterocycles. The van der Waals surface area contributed by atoms with E-state index in [1.807, 2.05) is 48.3 Å². The Labute approximate surface area is 126 Å². The summed E-state index contributed by atoms with van der Waals surface area (Å²) >= 11 is 0. The molecule has 0 radical (unpaired) electrons. The molecule has 0 aliphatic carbocycles. The summed E-state index contributed by atoms with van der Waals surface area (Å²) in [5.41, 5.74) is 2.26. The minimum atomic E-state index is 0.233. The van der Waals surface area contributed by atoms with Gasteiger partial charge in [-0.15, -0.1) is 0 Å². The van der Waals surface area contributed by atoms with E-state index in [0.717, 1.165) is 24.2 Å². The highest BCUT2D eigenvalue weighted by molar-refractivity contribution is 5.44. The normalized spacial score (nSPS) is 12.8. The summed E-state index contributed by atoms with van der Waals surface area (Å²) in [6.07, 6.45) is 18.3. The van der Waals surface area contributed by atoms with E-state index in [4.69, 9.17) is 0 Å². The first-order valence-electron chi connectivity index (χ1n) is 7.24. The minimum absolute atomic E-state index is 0.233. The lowest BCUT2D eigenvalue weighted by Crippen LogP contribution is -2.07. The number of aromatic nitrogens is 4. The van der Waals surface area contributed by atoms with Crippen molar-refractivity contribution in [3.63, 3.8) is 0 Å². The number of allylic oxidation sites excluding steroid dienone is 2. The van der Waals surface area contributed by atoms with Crippen molar-refractivity contribution in [2.24, 2.45) is 19.5 Å². The molecule has 21 heavy (non-hydrogen) atoms. The van der Waals surface area contributed by atoms with Gasteiger partial charge >= 0.3 is 0 Å². The van der Waals surface area contributed by atoms with E-state index in [-0.39, 0.29) is 5.41 Å². The van der Waals surface area contributed by atoms with Crippen molar-refractivity contribution < 1.29 is 0 Å². The molecule has 0 saturated heterocycles. The van der Waals surface area contributed by atoms with Gasteiger partial charge < -0.3 is 9.13 Å². The molecule has 0 N–H and O–H groups in total. The molecule has 0 atom stereocenters. The van der Waals surface area contributed by atoms with Crippen LogP contribution in [-0.2, 0) is 14.1 Å². The van der Waals surface area contributed by atoms with Crippen molar-refractivity contribution in [1.29, 1.82) is 0 Å². The second kappa shape index (κ2) is 6.57. The molecule has 0 bridgehead atoms. The Morgan fingerprint density at radius 1 is 0.905 bits per heavy atom. The van der Waals surface area contributed by atoms with E-state index in [1.54, 1.807) is 0 Å². The van der Waals surface area contributed by atoms with Crippen molar-refractivity contribution >= 4 is 12.2 Å². The van der Waals surface area contributed by atoms with Crippen molar-refractivity contribution in [3.05, 3.63) is 48.6 Å². The van der Waals surface area contributed by atoms with Gasteiger partial charge in [0.1, 0.15) is 0 Å². The van der Waals surface area contributed by atoms with Gasteiger partial charge in [0.15, 0.2) is 0 Å². The standard InChI is InChI=1S/C17H24N4/c1-17(2,9-5-7-15-11-20(3)13-18-15)10-6-8-16-12-21(4)14-19-16/h5-8,11-14H,9-10H2,1-4H3/b7-5+,8-6+. The maximum Gasteiger partial charge on any atom is 0.0950 e. The van der Waals surface area contributed by atoms with E-state index < -0.39 is 0 Å². The molecular weight excluding hydrogens is 260 g/mol. The first kappa shape index (κ1) is 15.3. The van der Waals surface area contributed by atoms with Crippen LogP contribution in [0.4, 0.5) is 0 Å². The van der Waals surface area contributed by atoms with Crippen LogP contribution in [0.3, 0.4) is 0 Å². The summed E-state index contributed by atoms with van der Waals surface area (Å²) in [6.45, 7) is 4.55. The topological polar surface area (TPSA) is 35.6 Å². The van der Waals surface area contributed by atoms with E-state index >= 15 is 0 Å². The van der Waals surface area contributed by atoms with Crippen LogP contribution in [0.25, 0.3) is 12.2 Å². The second-order valence-corrected chi connectivity index (χ2v) is 6.31. The predicted molar refractivity (Wildman–Crippen MR) is 87.5 cm³/mol. The van der Waals surface area contributed by atoms with Gasteiger partial charge in [-0.1, -0.05) is 26.0 Å². The first-order chi connectivity index (χ1) is 9.94. The number of hydrogen-bond acceptors (Lipinski definition) is 2. The van der Waals surface area contributed by atoms with Crippen molar-refractivity contribution in [2.75, 3.05) is 0 Å². The number of nitrogens with zero attached hydrogens (tertiary/aromatic N) is 4. The fourth-order valence-corrected chi connectivity index (χ4v) is 2.12. The molecular formula is C17H24N4. The highest BCUT2D eigenvalue weighted by atomic mass is 15.0. The van der Waals surface area contributed by atoms with Crippen LogP contribution >= 0.6 is 0 Å². The third-order valence-corrected chi connectivity index (χ3v) is 3.37. The van der Waals surface area contributed by atoms with Crippen LogP contribution < -0.4 is 0 Å². The Morgan fingerprint density at radius 2 is 1.33 bits per heavy atom. The molecule has 2 rings (SSSR count). The molecule has 0 aromatic carbocycles. The second-order valence-electron chi connectivity index (χ2n) is 6.31. The zero-order valence-corrected chi connectivity index (χ0v) is 13.3. The molecule has 0 spiro atoms. The Balaban J connectivity index is 1.83. The van der Waals surface area contributed by atoms with Gasteiger partial charge in [0.2, 0.25) is 0 Å². The van der Waals surface area contributed by atoms with Crippen molar-refractivity contribution in [3.8, 4) is 0 Å². The SMILES string of the molecule is Cn1cnc(/C=C/CC(C)(C)C/C=C/c2cn(C)cn2)c1. The zero-order chi connectivity index (χ0) is 15.3. The maximum atomic E-state index is 4.29. The monoisotopic (exact) mass is 284 g/mol. The molecule has 0 saturated carbocycles. The minimum Gasteiger partial charge on any atom is -0.340 e. The van der Waals surface area contributed by atoms with Crippen molar-refractivity contribution in [1.82, 2.24) is 19.1 Å². The fraction of sp³-hybridized carbons (Fsp3) is 0.412. The number of hydrogen-bond donors (Lipinski definition) is 0. The van der Waals surface area contributed by atoms with Gasteiger partial charge in [-0.25, -0.2) is 9.97 Å². The molecule has 0 fully saturated rings. The van der Waals surface area contributed by atoms with E-state index in [1.165, 1.54) is 0 Å². The maximum absolute atomic E-state index is 4.29. The number of aryl methyl sites for hydroxylation is 2. The van der Waals surface area contributed by atoms with Gasteiger partial charge in [-0.3, -0.25) is 0 Å². The average Bonchev–Trinajstić information content (AvgIpc) is 2.98. The number of imidazole rings is 2. The molecule has 0 amide bonds. The van der Waals surface area contributed by atoms with Gasteiger partial charge in [0.25, 0.3) is 0 Å². The lowest BCUT2D eigenvalue weighted by Gasteiger charge is -2.20. The van der Waals surface area contributed by atoms with Gasteiger partial charge in [0.05, 0.1) is 24.0 Å². The molecule has 2 aromatic heterocycles. The van der Waals surface area contributed by atoms with Gasteiger partial charge in [0, 0.05) is 26.5 Å². The smallest absolute Gasteiger partial charge is 0.0950 e. The van der Waals surface area contributed by atoms with Crippen molar-refractivity contribution in [2.45, 2.75) is 26.7 Å². The molecule has 112 valence electrons. The molecule has 0 unspecified atom stereocenters. The largest absolute Gasteiger partial charge is 0.340 e. The lowest BCUT2D eigenvalue weighted by atomic mass is 9.85. The Bertz CT molecular complexity index is 575. The summed E-state index contributed by atoms with van der Waals surface area (Å²) in [4.78, 5) is 8.58. The van der Waals surface area contributed by atoms with Crippen LogP contribution in [0.15, 0.2) is 37.2 Å².